The fourth-order valence-electron chi connectivity index (χ4n) is 3.41. The molecule has 0 saturated carbocycles. The lowest BCUT2D eigenvalue weighted by Crippen LogP contribution is -2.16. The molecule has 0 unspecified atom stereocenters. The van der Waals surface area contributed by atoms with E-state index in [1.807, 2.05) is 12.1 Å². The minimum absolute atomic E-state index is 0.0610. The molecule has 10 nitrogen and oxygen atoms in total. The van der Waals surface area contributed by atoms with Crippen LogP contribution in [0.2, 0.25) is 0 Å². The van der Waals surface area contributed by atoms with E-state index in [0.717, 1.165) is 34.3 Å². The molecule has 2 amide bonds. The van der Waals surface area contributed by atoms with Gasteiger partial charge in [-0.1, -0.05) is 47.8 Å². The Morgan fingerprint density at radius 2 is 1.17 bits per heavy atom. The van der Waals surface area contributed by atoms with Crippen molar-refractivity contribution in [2.45, 2.75) is 24.2 Å². The lowest BCUT2D eigenvalue weighted by atomic mass is 10.1. The van der Waals surface area contributed by atoms with Crippen LogP contribution >= 0.6 is 23.5 Å². The van der Waals surface area contributed by atoms with Crippen LogP contribution in [0.5, 0.6) is 0 Å². The molecule has 0 fully saturated rings. The van der Waals surface area contributed by atoms with Gasteiger partial charge in [0.05, 0.1) is 11.5 Å². The standard InChI is InChI=1S/C24H22N6O4S2/c1-13-9-19(31)29-23(25-13)35-11-21(33)27-17-7-3-6-16-15(17)5-4-8-18(16)28-22(34)12-36-24-26-14(2)10-20(32)30-24/h3-10H,11-12H2,1-2H3,(H,27,33)(H,28,34)(H,25,29,31)(H,26,30,32). The number of nitrogens with one attached hydrogen (secondary N) is 4. The molecule has 0 bridgehead atoms. The van der Waals surface area contributed by atoms with Crippen molar-refractivity contribution in [1.82, 2.24) is 19.9 Å². The molecular weight excluding hydrogens is 500 g/mol. The number of fused-ring (bicyclic) bond motifs is 1. The van der Waals surface area contributed by atoms with E-state index >= 15 is 0 Å². The highest BCUT2D eigenvalue weighted by Gasteiger charge is 2.12. The molecule has 36 heavy (non-hydrogen) atoms. The maximum Gasteiger partial charge on any atom is 0.251 e. The first-order valence-corrected chi connectivity index (χ1v) is 12.8. The number of thioether (sulfide) groups is 2. The van der Waals surface area contributed by atoms with Crippen LogP contribution in [0.3, 0.4) is 0 Å². The molecule has 4 rings (SSSR count). The fraction of sp³-hybridized carbons (Fsp3) is 0.167. The van der Waals surface area contributed by atoms with Gasteiger partial charge in [0.15, 0.2) is 10.3 Å². The van der Waals surface area contributed by atoms with Gasteiger partial charge in [-0.25, -0.2) is 9.97 Å². The molecule has 0 saturated heterocycles. The van der Waals surface area contributed by atoms with Gasteiger partial charge in [-0.05, 0) is 26.0 Å². The highest BCUT2D eigenvalue weighted by molar-refractivity contribution is 8.00. The van der Waals surface area contributed by atoms with Gasteiger partial charge in [0.2, 0.25) is 11.8 Å². The zero-order chi connectivity index (χ0) is 25.7. The molecule has 4 N–H and O–H groups in total. The summed E-state index contributed by atoms with van der Waals surface area (Å²) in [6, 6.07) is 13.6. The third-order valence-electron chi connectivity index (χ3n) is 4.85. The summed E-state index contributed by atoms with van der Waals surface area (Å²) in [7, 11) is 0. The van der Waals surface area contributed by atoms with Crippen LogP contribution in [0.25, 0.3) is 10.8 Å². The number of hydrogen-bond acceptors (Lipinski definition) is 8. The van der Waals surface area contributed by atoms with Gasteiger partial charge >= 0.3 is 0 Å². The number of nitrogens with zero attached hydrogens (tertiary/aromatic N) is 2. The predicted molar refractivity (Wildman–Crippen MR) is 142 cm³/mol. The van der Waals surface area contributed by atoms with Crippen molar-refractivity contribution in [1.29, 1.82) is 0 Å². The SMILES string of the molecule is Cc1cc(=O)[nH]c(SCC(=O)Nc2cccc3c(NC(=O)CSc4nc(C)cc(=O)[nH]4)cccc23)n1. The second kappa shape index (κ2) is 11.2. The molecule has 0 atom stereocenters. The van der Waals surface area contributed by atoms with E-state index in [0.29, 0.717) is 33.1 Å². The lowest BCUT2D eigenvalue weighted by Gasteiger charge is -2.12. The molecule has 2 heterocycles. The second-order valence-corrected chi connectivity index (χ2v) is 9.69. The first kappa shape index (κ1) is 25.2. The molecule has 2 aromatic heterocycles. The number of carbonyl (C=O) groups excluding carboxylic acids is 2. The molecule has 0 aliphatic heterocycles. The van der Waals surface area contributed by atoms with Gasteiger partial charge in [0, 0.05) is 45.7 Å². The molecular formula is C24H22N6O4S2. The number of rotatable bonds is 8. The summed E-state index contributed by atoms with van der Waals surface area (Å²) in [5.41, 5.74) is 1.80. The Balaban J connectivity index is 1.43. The monoisotopic (exact) mass is 522 g/mol. The molecule has 2 aromatic carbocycles. The van der Waals surface area contributed by atoms with E-state index in [-0.39, 0.29) is 34.4 Å². The number of aryl methyl sites for hydroxylation is 2. The van der Waals surface area contributed by atoms with Crippen LogP contribution < -0.4 is 21.8 Å². The third-order valence-corrected chi connectivity index (χ3v) is 6.59. The topological polar surface area (TPSA) is 150 Å². The average molecular weight is 523 g/mol. The van der Waals surface area contributed by atoms with Crippen molar-refractivity contribution < 1.29 is 9.59 Å². The molecule has 0 aliphatic carbocycles. The summed E-state index contributed by atoms with van der Waals surface area (Å²) >= 11 is 2.27. The van der Waals surface area contributed by atoms with Crippen molar-refractivity contribution in [3.63, 3.8) is 0 Å². The first-order chi connectivity index (χ1) is 17.3. The maximum atomic E-state index is 12.6. The summed E-state index contributed by atoms with van der Waals surface area (Å²) < 4.78 is 0. The Morgan fingerprint density at radius 1 is 0.750 bits per heavy atom. The average Bonchev–Trinajstić information content (AvgIpc) is 2.81. The Labute approximate surface area is 213 Å². The Morgan fingerprint density at radius 3 is 1.56 bits per heavy atom. The van der Waals surface area contributed by atoms with Crippen LogP contribution in [0.4, 0.5) is 11.4 Å². The van der Waals surface area contributed by atoms with Crippen LogP contribution in [-0.4, -0.2) is 43.3 Å². The summed E-state index contributed by atoms with van der Waals surface area (Å²) in [6.07, 6.45) is 0. The molecule has 184 valence electrons. The van der Waals surface area contributed by atoms with E-state index in [4.69, 9.17) is 0 Å². The van der Waals surface area contributed by atoms with Crippen LogP contribution in [0, 0.1) is 13.8 Å². The van der Waals surface area contributed by atoms with Gasteiger partial charge in [-0.3, -0.25) is 19.2 Å². The minimum atomic E-state index is -0.268. The van der Waals surface area contributed by atoms with E-state index in [1.165, 1.54) is 12.1 Å². The molecule has 12 heteroatoms. The van der Waals surface area contributed by atoms with Gasteiger partial charge in [-0.15, -0.1) is 0 Å². The van der Waals surface area contributed by atoms with Gasteiger partial charge in [0.1, 0.15) is 0 Å². The summed E-state index contributed by atoms with van der Waals surface area (Å²) in [6.45, 7) is 3.43. The Kier molecular flexibility index (Phi) is 7.86. The number of aromatic nitrogens is 4. The second-order valence-electron chi connectivity index (χ2n) is 7.76. The number of aromatic amines is 2. The van der Waals surface area contributed by atoms with Crippen LogP contribution in [0.15, 0.2) is 68.4 Å². The molecule has 0 spiro atoms. The van der Waals surface area contributed by atoms with Gasteiger partial charge in [0.25, 0.3) is 11.1 Å². The number of hydrogen-bond donors (Lipinski definition) is 4. The van der Waals surface area contributed by atoms with Crippen LogP contribution in [-0.2, 0) is 9.59 Å². The molecule has 0 radical (unpaired) electrons. The normalized spacial score (nSPS) is 10.8. The fourth-order valence-corrected chi connectivity index (χ4v) is 4.85. The zero-order valence-corrected chi connectivity index (χ0v) is 21.0. The van der Waals surface area contributed by atoms with Crippen molar-refractivity contribution in [3.05, 3.63) is 80.6 Å². The molecule has 4 aromatic rings. The van der Waals surface area contributed by atoms with Crippen molar-refractivity contribution in [2.24, 2.45) is 0 Å². The highest BCUT2D eigenvalue weighted by atomic mass is 32.2. The van der Waals surface area contributed by atoms with Crippen molar-refractivity contribution >= 4 is 57.5 Å². The van der Waals surface area contributed by atoms with Gasteiger partial charge < -0.3 is 20.6 Å². The zero-order valence-electron chi connectivity index (χ0n) is 19.4. The quantitative estimate of drug-likeness (QED) is 0.204. The number of H-pyrrole nitrogens is 2. The van der Waals surface area contributed by atoms with Gasteiger partial charge in [-0.2, -0.15) is 0 Å². The summed E-state index contributed by atoms with van der Waals surface area (Å²) in [5.74, 6) is -0.402. The first-order valence-electron chi connectivity index (χ1n) is 10.8. The number of anilines is 2. The minimum Gasteiger partial charge on any atom is -0.325 e. The summed E-state index contributed by atoms with van der Waals surface area (Å²) in [5, 5.41) is 8.03. The smallest absolute Gasteiger partial charge is 0.251 e. The predicted octanol–water partition coefficient (Wildman–Crippen LogP) is 3.08. The van der Waals surface area contributed by atoms with Crippen molar-refractivity contribution in [3.8, 4) is 0 Å². The van der Waals surface area contributed by atoms with E-state index in [1.54, 1.807) is 38.1 Å². The van der Waals surface area contributed by atoms with E-state index < -0.39 is 0 Å². The highest BCUT2D eigenvalue weighted by Crippen LogP contribution is 2.30. The third kappa shape index (κ3) is 6.61. The van der Waals surface area contributed by atoms with Crippen LogP contribution in [0.1, 0.15) is 11.4 Å². The summed E-state index contributed by atoms with van der Waals surface area (Å²) in [4.78, 5) is 61.9. The van der Waals surface area contributed by atoms with E-state index in [2.05, 4.69) is 30.6 Å². The lowest BCUT2D eigenvalue weighted by molar-refractivity contribution is -0.114. The largest absolute Gasteiger partial charge is 0.325 e. The molecule has 0 aliphatic rings. The Bertz CT molecular complexity index is 1450. The Hall–Kier alpha value is -3.90. The van der Waals surface area contributed by atoms with Crippen molar-refractivity contribution in [2.75, 3.05) is 22.1 Å². The number of amides is 2. The number of carbonyl (C=O) groups is 2. The maximum absolute atomic E-state index is 12.6. The number of benzene rings is 2. The van der Waals surface area contributed by atoms with E-state index in [9.17, 15) is 19.2 Å².